The summed E-state index contributed by atoms with van der Waals surface area (Å²) in [5, 5.41) is 0. The van der Waals surface area contributed by atoms with E-state index in [9.17, 15) is 0 Å². The van der Waals surface area contributed by atoms with Crippen LogP contribution < -0.4 is 10.6 Å². The highest BCUT2D eigenvalue weighted by Crippen LogP contribution is 2.16. The van der Waals surface area contributed by atoms with E-state index < -0.39 is 0 Å². The zero-order chi connectivity index (χ0) is 10.7. The van der Waals surface area contributed by atoms with Gasteiger partial charge in [-0.05, 0) is 24.7 Å². The lowest BCUT2D eigenvalue weighted by atomic mass is 10.2. The molecular weight excluding hydrogens is 293 g/mol. The van der Waals surface area contributed by atoms with Gasteiger partial charge < -0.3 is 15.5 Å². The minimum absolute atomic E-state index is 0. The minimum Gasteiger partial charge on any atom is -0.369 e. The summed E-state index contributed by atoms with van der Waals surface area (Å²) in [5.41, 5.74) is 8.10. The van der Waals surface area contributed by atoms with Gasteiger partial charge in [0.15, 0.2) is 0 Å². The first kappa shape index (κ1) is 20.1. The Labute approximate surface area is 128 Å². The molecule has 0 spiro atoms. The summed E-state index contributed by atoms with van der Waals surface area (Å²) >= 11 is 0. The van der Waals surface area contributed by atoms with Crippen molar-refractivity contribution < 1.29 is 0 Å². The molecule has 0 saturated carbocycles. The van der Waals surface area contributed by atoms with Crippen molar-refractivity contribution in [2.24, 2.45) is 5.73 Å². The number of rotatable bonds is 2. The first-order chi connectivity index (χ1) is 7.29. The molecule has 6 heteroatoms. The molecule has 1 aliphatic rings. The number of hydrogen-bond donors (Lipinski definition) is 1. The Morgan fingerprint density at radius 1 is 0.944 bits per heavy atom. The van der Waals surface area contributed by atoms with E-state index in [0.29, 0.717) is 6.54 Å². The van der Waals surface area contributed by atoms with Crippen molar-refractivity contribution in [3.8, 4) is 0 Å². The van der Waals surface area contributed by atoms with Crippen LogP contribution in [0.4, 0.5) is 5.69 Å². The number of hydrogen-bond acceptors (Lipinski definition) is 3. The van der Waals surface area contributed by atoms with E-state index in [2.05, 4.69) is 41.1 Å². The molecule has 0 amide bonds. The van der Waals surface area contributed by atoms with Gasteiger partial charge in [0, 0.05) is 38.4 Å². The molecule has 1 aliphatic heterocycles. The van der Waals surface area contributed by atoms with Crippen molar-refractivity contribution in [3.63, 3.8) is 0 Å². The van der Waals surface area contributed by atoms with E-state index in [0.717, 1.165) is 26.2 Å². The van der Waals surface area contributed by atoms with Crippen LogP contribution in [0.3, 0.4) is 0 Å². The summed E-state index contributed by atoms with van der Waals surface area (Å²) in [5.74, 6) is 0. The predicted molar refractivity (Wildman–Crippen MR) is 85.8 cm³/mol. The summed E-state index contributed by atoms with van der Waals surface area (Å²) in [6.45, 7) is 5.18. The van der Waals surface area contributed by atoms with Crippen LogP contribution in [0.5, 0.6) is 0 Å². The molecule has 18 heavy (non-hydrogen) atoms. The summed E-state index contributed by atoms with van der Waals surface area (Å²) in [4.78, 5) is 4.80. The standard InChI is InChI=1S/C12H19N3.3ClH/c1-14-6-8-15(9-7-14)12-4-2-11(10-13)3-5-12;;;/h2-5H,6-10,13H2,1H3;3*1H. The zero-order valence-corrected chi connectivity index (χ0v) is 13.0. The monoisotopic (exact) mass is 313 g/mol. The molecule has 0 radical (unpaired) electrons. The maximum absolute atomic E-state index is 5.58. The second kappa shape index (κ2) is 9.70. The molecule has 1 fully saturated rings. The second-order valence-electron chi connectivity index (χ2n) is 4.16. The molecule has 3 nitrogen and oxygen atoms in total. The highest BCUT2D eigenvalue weighted by atomic mass is 35.5. The fourth-order valence-electron chi connectivity index (χ4n) is 1.91. The van der Waals surface area contributed by atoms with Gasteiger partial charge in [-0.2, -0.15) is 0 Å². The highest BCUT2D eigenvalue weighted by molar-refractivity contribution is 5.86. The third-order valence-corrected chi connectivity index (χ3v) is 3.04. The van der Waals surface area contributed by atoms with Crippen LogP contribution in [-0.2, 0) is 6.54 Å². The maximum atomic E-state index is 5.58. The SMILES string of the molecule is CN1CCN(c2ccc(CN)cc2)CC1.Cl.Cl.Cl. The molecule has 106 valence electrons. The minimum atomic E-state index is 0. The van der Waals surface area contributed by atoms with E-state index in [-0.39, 0.29) is 37.2 Å². The van der Waals surface area contributed by atoms with Gasteiger partial charge in [0.25, 0.3) is 0 Å². The van der Waals surface area contributed by atoms with Crippen LogP contribution in [0.15, 0.2) is 24.3 Å². The van der Waals surface area contributed by atoms with Gasteiger partial charge in [-0.25, -0.2) is 0 Å². The Hall–Kier alpha value is -0.190. The van der Waals surface area contributed by atoms with Crippen molar-refractivity contribution in [1.82, 2.24) is 4.90 Å². The Bertz CT molecular complexity index is 311. The van der Waals surface area contributed by atoms with E-state index in [1.165, 1.54) is 11.3 Å². The quantitative estimate of drug-likeness (QED) is 0.908. The van der Waals surface area contributed by atoms with E-state index in [1.807, 2.05) is 0 Å². The number of halogens is 3. The van der Waals surface area contributed by atoms with Crippen molar-refractivity contribution in [3.05, 3.63) is 29.8 Å². The van der Waals surface area contributed by atoms with Crippen LogP contribution in [0, 0.1) is 0 Å². The highest BCUT2D eigenvalue weighted by Gasteiger charge is 2.13. The van der Waals surface area contributed by atoms with E-state index >= 15 is 0 Å². The van der Waals surface area contributed by atoms with Gasteiger partial charge in [-0.15, -0.1) is 37.2 Å². The lowest BCUT2D eigenvalue weighted by Gasteiger charge is -2.34. The number of likely N-dealkylation sites (N-methyl/N-ethyl adjacent to an activating group) is 1. The third kappa shape index (κ3) is 5.21. The Morgan fingerprint density at radius 2 is 1.44 bits per heavy atom. The Balaban J connectivity index is 0. The van der Waals surface area contributed by atoms with Gasteiger partial charge in [0.1, 0.15) is 0 Å². The summed E-state index contributed by atoms with van der Waals surface area (Å²) in [6, 6.07) is 8.59. The van der Waals surface area contributed by atoms with Crippen molar-refractivity contribution in [2.75, 3.05) is 38.1 Å². The second-order valence-corrected chi connectivity index (χ2v) is 4.16. The maximum Gasteiger partial charge on any atom is 0.0367 e. The summed E-state index contributed by atoms with van der Waals surface area (Å²) in [6.07, 6.45) is 0. The molecule has 1 saturated heterocycles. The molecule has 0 aliphatic carbocycles. The zero-order valence-electron chi connectivity index (χ0n) is 10.5. The normalized spacial score (nSPS) is 15.1. The van der Waals surface area contributed by atoms with Crippen molar-refractivity contribution in [2.45, 2.75) is 6.54 Å². The molecule has 0 aromatic heterocycles. The van der Waals surface area contributed by atoms with Gasteiger partial charge in [0.2, 0.25) is 0 Å². The average molecular weight is 315 g/mol. The molecule has 1 aromatic rings. The lowest BCUT2D eigenvalue weighted by Crippen LogP contribution is -2.44. The largest absolute Gasteiger partial charge is 0.369 e. The Kier molecular flexibility index (Phi) is 10.9. The van der Waals surface area contributed by atoms with Crippen LogP contribution in [0.2, 0.25) is 0 Å². The van der Waals surface area contributed by atoms with Crippen LogP contribution in [-0.4, -0.2) is 38.1 Å². The van der Waals surface area contributed by atoms with Gasteiger partial charge >= 0.3 is 0 Å². The number of piperazine rings is 1. The molecule has 1 heterocycles. The number of benzene rings is 1. The molecule has 0 atom stereocenters. The first-order valence-electron chi connectivity index (χ1n) is 5.52. The lowest BCUT2D eigenvalue weighted by molar-refractivity contribution is 0.313. The molecule has 2 rings (SSSR count). The van der Waals surface area contributed by atoms with Crippen LogP contribution in [0.25, 0.3) is 0 Å². The summed E-state index contributed by atoms with van der Waals surface area (Å²) < 4.78 is 0. The number of anilines is 1. The molecule has 2 N–H and O–H groups in total. The van der Waals surface area contributed by atoms with Gasteiger partial charge in [0.05, 0.1) is 0 Å². The smallest absolute Gasteiger partial charge is 0.0367 e. The summed E-state index contributed by atoms with van der Waals surface area (Å²) in [7, 11) is 2.18. The molecule has 0 bridgehead atoms. The van der Waals surface area contributed by atoms with Gasteiger partial charge in [-0.1, -0.05) is 12.1 Å². The predicted octanol–water partition coefficient (Wildman–Crippen LogP) is 2.16. The molecule has 0 unspecified atom stereocenters. The van der Waals surface area contributed by atoms with Crippen LogP contribution >= 0.6 is 37.2 Å². The van der Waals surface area contributed by atoms with Crippen molar-refractivity contribution >= 4 is 42.9 Å². The number of nitrogens with two attached hydrogens (primary N) is 1. The fourth-order valence-corrected chi connectivity index (χ4v) is 1.91. The molecular formula is C12H22Cl3N3. The van der Waals surface area contributed by atoms with E-state index in [1.54, 1.807) is 0 Å². The third-order valence-electron chi connectivity index (χ3n) is 3.04. The van der Waals surface area contributed by atoms with E-state index in [4.69, 9.17) is 5.73 Å². The Morgan fingerprint density at radius 3 is 1.89 bits per heavy atom. The number of nitrogens with zero attached hydrogens (tertiary/aromatic N) is 2. The topological polar surface area (TPSA) is 32.5 Å². The van der Waals surface area contributed by atoms with Gasteiger partial charge in [-0.3, -0.25) is 0 Å². The van der Waals surface area contributed by atoms with Crippen molar-refractivity contribution in [1.29, 1.82) is 0 Å². The van der Waals surface area contributed by atoms with Crippen LogP contribution in [0.1, 0.15) is 5.56 Å². The molecule has 1 aromatic carbocycles. The fraction of sp³-hybridized carbons (Fsp3) is 0.500. The average Bonchev–Trinajstić information content (AvgIpc) is 2.30. The first-order valence-corrected chi connectivity index (χ1v) is 5.52.